The maximum Gasteiger partial charge on any atom is 0.305 e. The van der Waals surface area contributed by atoms with Crippen LogP contribution in [0.4, 0.5) is 8.78 Å². The number of aromatic nitrogens is 2. The Kier molecular flexibility index (Phi) is 6.94. The van der Waals surface area contributed by atoms with E-state index in [1.807, 2.05) is 0 Å². The van der Waals surface area contributed by atoms with Crippen molar-refractivity contribution in [3.8, 4) is 22.5 Å². The number of imidazole rings is 1. The number of hydrogen-bond acceptors (Lipinski definition) is 4. The number of halogens is 2. The SMILES string of the molecule is Cc1nc(-c2ccc(F)cc2)c(-c2ccc(F)cc2)n1/C=C/[C@@H](O)C[C@@H](O)CC(=O)O. The van der Waals surface area contributed by atoms with Crippen LogP contribution in [0.2, 0.25) is 0 Å². The van der Waals surface area contributed by atoms with Crippen LogP contribution in [-0.2, 0) is 4.79 Å². The first kappa shape index (κ1) is 22.3. The van der Waals surface area contributed by atoms with Crippen LogP contribution < -0.4 is 0 Å². The van der Waals surface area contributed by atoms with Crippen molar-refractivity contribution in [2.45, 2.75) is 32.0 Å². The first-order chi connectivity index (χ1) is 14.7. The molecule has 0 aliphatic rings. The van der Waals surface area contributed by atoms with Gasteiger partial charge in [0, 0.05) is 23.7 Å². The standard InChI is InChI=1S/C23H22F2N2O4/c1-14-26-22(15-2-6-17(24)7-3-15)23(16-4-8-18(25)9-5-16)27(14)11-10-19(28)12-20(29)13-21(30)31/h2-11,19-20,28-29H,12-13H2,1H3,(H,30,31)/b11-10+/t19-,20-/m1/s1. The maximum absolute atomic E-state index is 13.5. The summed E-state index contributed by atoms with van der Waals surface area (Å²) >= 11 is 0. The number of carboxylic acid groups (broad SMARTS) is 1. The lowest BCUT2D eigenvalue weighted by Gasteiger charge is -2.12. The molecule has 3 aromatic rings. The Morgan fingerprint density at radius 2 is 1.58 bits per heavy atom. The Morgan fingerprint density at radius 3 is 2.13 bits per heavy atom. The van der Waals surface area contributed by atoms with Gasteiger partial charge in [-0.05, 0) is 61.5 Å². The molecule has 0 unspecified atom stereocenters. The molecule has 2 atom stereocenters. The molecule has 0 amide bonds. The van der Waals surface area contributed by atoms with E-state index in [2.05, 4.69) is 4.98 Å². The summed E-state index contributed by atoms with van der Waals surface area (Å²) in [5.74, 6) is -1.37. The van der Waals surface area contributed by atoms with Crippen molar-refractivity contribution >= 4 is 12.2 Å². The second-order valence-corrected chi connectivity index (χ2v) is 7.14. The number of hydrogen-bond donors (Lipinski definition) is 3. The average molecular weight is 428 g/mol. The van der Waals surface area contributed by atoms with Crippen LogP contribution in [0, 0.1) is 18.6 Å². The molecule has 0 aliphatic heterocycles. The molecule has 1 heterocycles. The number of aryl methyl sites for hydroxylation is 1. The van der Waals surface area contributed by atoms with Gasteiger partial charge >= 0.3 is 5.97 Å². The summed E-state index contributed by atoms with van der Waals surface area (Å²) < 4.78 is 28.5. The Labute approximate surface area is 177 Å². The molecule has 0 bridgehead atoms. The fourth-order valence-electron chi connectivity index (χ4n) is 3.25. The van der Waals surface area contributed by atoms with E-state index in [1.165, 1.54) is 30.3 Å². The van der Waals surface area contributed by atoms with Crippen molar-refractivity contribution in [3.05, 3.63) is 72.1 Å². The van der Waals surface area contributed by atoms with Gasteiger partial charge in [-0.3, -0.25) is 4.79 Å². The highest BCUT2D eigenvalue weighted by Gasteiger charge is 2.18. The molecular weight excluding hydrogens is 406 g/mol. The monoisotopic (exact) mass is 428 g/mol. The van der Waals surface area contributed by atoms with Gasteiger partial charge in [-0.15, -0.1) is 0 Å². The largest absolute Gasteiger partial charge is 0.481 e. The molecule has 0 radical (unpaired) electrons. The lowest BCUT2D eigenvalue weighted by Crippen LogP contribution is -2.19. The van der Waals surface area contributed by atoms with Crippen molar-refractivity contribution < 1.29 is 28.9 Å². The van der Waals surface area contributed by atoms with Crippen LogP contribution in [0.25, 0.3) is 28.7 Å². The zero-order valence-corrected chi connectivity index (χ0v) is 16.7. The van der Waals surface area contributed by atoms with Gasteiger partial charge in [-0.1, -0.05) is 0 Å². The molecule has 0 spiro atoms. The van der Waals surface area contributed by atoms with E-state index < -0.39 is 30.4 Å². The number of nitrogens with zero attached hydrogens (tertiary/aromatic N) is 2. The van der Waals surface area contributed by atoms with Gasteiger partial charge in [0.05, 0.1) is 30.0 Å². The summed E-state index contributed by atoms with van der Waals surface area (Å²) in [5, 5.41) is 28.6. The van der Waals surface area contributed by atoms with Crippen LogP contribution >= 0.6 is 0 Å². The zero-order valence-electron chi connectivity index (χ0n) is 16.7. The number of aliphatic carboxylic acids is 1. The molecule has 1 aromatic heterocycles. The van der Waals surface area contributed by atoms with Crippen LogP contribution in [0.15, 0.2) is 54.6 Å². The van der Waals surface area contributed by atoms with Crippen molar-refractivity contribution in [3.63, 3.8) is 0 Å². The Hall–Kier alpha value is -3.36. The van der Waals surface area contributed by atoms with Crippen molar-refractivity contribution in [1.82, 2.24) is 9.55 Å². The van der Waals surface area contributed by atoms with Crippen LogP contribution in [0.5, 0.6) is 0 Å². The minimum atomic E-state index is -1.19. The lowest BCUT2D eigenvalue weighted by molar-refractivity contribution is -0.139. The van der Waals surface area contributed by atoms with E-state index in [0.717, 1.165) is 0 Å². The fourth-order valence-corrected chi connectivity index (χ4v) is 3.25. The van der Waals surface area contributed by atoms with Gasteiger partial charge in [0.25, 0.3) is 0 Å². The van der Waals surface area contributed by atoms with Crippen LogP contribution in [0.3, 0.4) is 0 Å². The van der Waals surface area contributed by atoms with Gasteiger partial charge < -0.3 is 19.9 Å². The number of aliphatic hydroxyl groups is 2. The zero-order chi connectivity index (χ0) is 22.5. The molecule has 162 valence electrons. The number of carboxylic acids is 1. The third kappa shape index (κ3) is 5.62. The molecule has 2 aromatic carbocycles. The number of rotatable bonds is 8. The lowest BCUT2D eigenvalue weighted by atomic mass is 10.0. The summed E-state index contributed by atoms with van der Waals surface area (Å²) in [5.41, 5.74) is 2.48. The number of aliphatic hydroxyl groups excluding tert-OH is 2. The van der Waals surface area contributed by atoms with E-state index in [4.69, 9.17) is 5.11 Å². The van der Waals surface area contributed by atoms with Gasteiger partial charge in [0.1, 0.15) is 17.5 Å². The van der Waals surface area contributed by atoms with E-state index in [1.54, 1.807) is 42.0 Å². The van der Waals surface area contributed by atoms with Gasteiger partial charge in [-0.2, -0.15) is 0 Å². The first-order valence-electron chi connectivity index (χ1n) is 9.61. The third-order valence-corrected chi connectivity index (χ3v) is 4.70. The smallest absolute Gasteiger partial charge is 0.305 e. The van der Waals surface area contributed by atoms with E-state index in [0.29, 0.717) is 28.3 Å². The quantitative estimate of drug-likeness (QED) is 0.506. The van der Waals surface area contributed by atoms with Gasteiger partial charge in [-0.25, -0.2) is 13.8 Å². The third-order valence-electron chi connectivity index (χ3n) is 4.70. The average Bonchev–Trinajstić information content (AvgIpc) is 3.03. The van der Waals surface area contributed by atoms with E-state index in [-0.39, 0.29) is 12.2 Å². The maximum atomic E-state index is 13.5. The fraction of sp³-hybridized carbons (Fsp3) is 0.217. The van der Waals surface area contributed by atoms with Crippen molar-refractivity contribution in [2.24, 2.45) is 0 Å². The Balaban J connectivity index is 2.00. The summed E-state index contributed by atoms with van der Waals surface area (Å²) in [4.78, 5) is 15.3. The highest BCUT2D eigenvalue weighted by atomic mass is 19.1. The van der Waals surface area contributed by atoms with E-state index in [9.17, 15) is 23.8 Å². The van der Waals surface area contributed by atoms with Gasteiger partial charge in [0.2, 0.25) is 0 Å². The molecule has 3 N–H and O–H groups in total. The van der Waals surface area contributed by atoms with Crippen molar-refractivity contribution in [2.75, 3.05) is 0 Å². The predicted octanol–water partition coefficient (Wildman–Crippen LogP) is 3.86. The molecule has 0 aliphatic carbocycles. The minimum absolute atomic E-state index is 0.146. The highest BCUT2D eigenvalue weighted by Crippen LogP contribution is 2.33. The topological polar surface area (TPSA) is 95.6 Å². The molecule has 6 nitrogen and oxygen atoms in total. The molecule has 0 saturated carbocycles. The summed E-state index contributed by atoms with van der Waals surface area (Å²) in [6.07, 6.45) is 0.0875. The molecule has 31 heavy (non-hydrogen) atoms. The number of benzene rings is 2. The normalized spacial score (nSPS) is 13.5. The molecule has 0 saturated heterocycles. The Morgan fingerprint density at radius 1 is 1.03 bits per heavy atom. The van der Waals surface area contributed by atoms with Crippen molar-refractivity contribution in [1.29, 1.82) is 0 Å². The van der Waals surface area contributed by atoms with Crippen LogP contribution in [-0.4, -0.2) is 43.0 Å². The summed E-state index contributed by atoms with van der Waals surface area (Å²) in [7, 11) is 0. The predicted molar refractivity (Wildman–Crippen MR) is 112 cm³/mol. The van der Waals surface area contributed by atoms with E-state index >= 15 is 0 Å². The number of carbonyl (C=O) groups is 1. The van der Waals surface area contributed by atoms with Gasteiger partial charge in [0.15, 0.2) is 0 Å². The second kappa shape index (κ2) is 9.63. The second-order valence-electron chi connectivity index (χ2n) is 7.14. The summed E-state index contributed by atoms with van der Waals surface area (Å²) in [6.45, 7) is 1.75. The first-order valence-corrected chi connectivity index (χ1v) is 9.61. The van der Waals surface area contributed by atoms with Crippen LogP contribution in [0.1, 0.15) is 18.7 Å². The highest BCUT2D eigenvalue weighted by molar-refractivity contribution is 5.80. The Bertz CT molecular complexity index is 1080. The molecule has 0 fully saturated rings. The summed E-state index contributed by atoms with van der Waals surface area (Å²) in [6, 6.07) is 11.6. The minimum Gasteiger partial charge on any atom is -0.481 e. The molecule has 8 heteroatoms. The molecular formula is C23H22F2N2O4. The molecule has 3 rings (SSSR count).